The standard InChI is InChI=1S/C3H7NOS/c4-1-3(6)2-5/h5H,1-2,4H2. The lowest BCUT2D eigenvalue weighted by Crippen LogP contribution is -2.14. The average Bonchev–Trinajstić information content (AvgIpc) is 1.65. The van der Waals surface area contributed by atoms with E-state index in [-0.39, 0.29) is 6.61 Å². The van der Waals surface area contributed by atoms with Crippen LogP contribution in [0.1, 0.15) is 0 Å². The van der Waals surface area contributed by atoms with Gasteiger partial charge >= 0.3 is 0 Å². The molecule has 0 radical (unpaired) electrons. The van der Waals surface area contributed by atoms with Gasteiger partial charge in [-0.1, -0.05) is 12.2 Å². The lowest BCUT2D eigenvalue weighted by atomic mass is 10.5. The second-order valence-electron chi connectivity index (χ2n) is 0.901. The Balaban J connectivity index is 2.99. The quantitative estimate of drug-likeness (QED) is 0.457. The van der Waals surface area contributed by atoms with Crippen LogP contribution in [0, 0.1) is 0 Å². The van der Waals surface area contributed by atoms with Crippen molar-refractivity contribution in [3.63, 3.8) is 0 Å². The van der Waals surface area contributed by atoms with Gasteiger partial charge in [0.1, 0.15) is 0 Å². The summed E-state index contributed by atoms with van der Waals surface area (Å²) in [5.41, 5.74) is 4.98. The van der Waals surface area contributed by atoms with Crippen LogP contribution in [0.15, 0.2) is 0 Å². The molecule has 0 amide bonds. The molecule has 0 unspecified atom stereocenters. The Morgan fingerprint density at radius 3 is 2.33 bits per heavy atom. The molecule has 36 valence electrons. The second-order valence-corrected chi connectivity index (χ2v) is 1.48. The molecule has 0 saturated carbocycles. The Morgan fingerprint density at radius 2 is 2.33 bits per heavy atom. The maximum Gasteiger partial charge on any atom is 0.0757 e. The maximum atomic E-state index is 8.11. The lowest BCUT2D eigenvalue weighted by Gasteiger charge is -1.86. The summed E-state index contributed by atoms with van der Waals surface area (Å²) in [6.07, 6.45) is 0. The summed E-state index contributed by atoms with van der Waals surface area (Å²) in [6.45, 7) is 0.248. The van der Waals surface area contributed by atoms with Gasteiger partial charge in [-0.25, -0.2) is 0 Å². The van der Waals surface area contributed by atoms with E-state index in [0.717, 1.165) is 0 Å². The molecule has 0 aliphatic heterocycles. The summed E-state index contributed by atoms with van der Waals surface area (Å²) in [5.74, 6) is 0. The van der Waals surface area contributed by atoms with Gasteiger partial charge in [-0.15, -0.1) is 0 Å². The minimum absolute atomic E-state index is 0.0637. The van der Waals surface area contributed by atoms with Crippen LogP contribution in [0.5, 0.6) is 0 Å². The van der Waals surface area contributed by atoms with E-state index >= 15 is 0 Å². The van der Waals surface area contributed by atoms with Crippen LogP contribution < -0.4 is 5.73 Å². The van der Waals surface area contributed by atoms with E-state index in [1.165, 1.54) is 0 Å². The molecule has 0 atom stereocenters. The van der Waals surface area contributed by atoms with Crippen molar-refractivity contribution in [3.05, 3.63) is 0 Å². The van der Waals surface area contributed by atoms with Crippen molar-refractivity contribution >= 4 is 17.1 Å². The highest BCUT2D eigenvalue weighted by Gasteiger charge is 1.82. The van der Waals surface area contributed by atoms with Gasteiger partial charge in [0, 0.05) is 11.4 Å². The van der Waals surface area contributed by atoms with Crippen LogP contribution in [-0.2, 0) is 0 Å². The predicted octanol–water partition coefficient (Wildman–Crippen LogP) is -0.693. The van der Waals surface area contributed by atoms with Gasteiger partial charge in [0.25, 0.3) is 0 Å². The monoisotopic (exact) mass is 105 g/mol. The Labute approximate surface area is 42.0 Å². The number of aliphatic hydroxyl groups is 1. The molecule has 3 N–H and O–H groups in total. The molecule has 0 aliphatic carbocycles. The molecule has 0 aromatic carbocycles. The van der Waals surface area contributed by atoms with Crippen LogP contribution in [0.4, 0.5) is 0 Å². The number of rotatable bonds is 2. The average molecular weight is 105 g/mol. The first kappa shape index (κ1) is 6.01. The van der Waals surface area contributed by atoms with Gasteiger partial charge in [0.05, 0.1) is 6.61 Å². The topological polar surface area (TPSA) is 46.2 Å². The zero-order valence-electron chi connectivity index (χ0n) is 3.35. The van der Waals surface area contributed by atoms with E-state index in [9.17, 15) is 0 Å². The first-order valence-electron chi connectivity index (χ1n) is 1.64. The summed E-state index contributed by atoms with van der Waals surface area (Å²) in [6, 6.07) is 0. The van der Waals surface area contributed by atoms with Crippen LogP contribution >= 0.6 is 12.2 Å². The van der Waals surface area contributed by atoms with Crippen molar-refractivity contribution in [1.29, 1.82) is 0 Å². The molecule has 3 heteroatoms. The van der Waals surface area contributed by atoms with E-state index < -0.39 is 0 Å². The maximum absolute atomic E-state index is 8.11. The summed E-state index contributed by atoms with van der Waals surface area (Å²) in [7, 11) is 0. The fourth-order valence-corrected chi connectivity index (χ4v) is 0.0645. The van der Waals surface area contributed by atoms with E-state index in [1.807, 2.05) is 0 Å². The predicted molar refractivity (Wildman–Crippen MR) is 28.7 cm³/mol. The number of thiocarbonyl (C=S) groups is 1. The summed E-state index contributed by atoms with van der Waals surface area (Å²) >= 11 is 4.48. The summed E-state index contributed by atoms with van der Waals surface area (Å²) < 4.78 is 0. The number of hydrogen-bond donors (Lipinski definition) is 2. The van der Waals surface area contributed by atoms with Crippen molar-refractivity contribution in [1.82, 2.24) is 0 Å². The summed E-state index contributed by atoms with van der Waals surface area (Å²) in [4.78, 5) is 0.509. The highest BCUT2D eigenvalue weighted by Crippen LogP contribution is 1.65. The third-order valence-corrected chi connectivity index (χ3v) is 0.700. The molecule has 0 aliphatic rings. The van der Waals surface area contributed by atoms with Gasteiger partial charge in [0.15, 0.2) is 0 Å². The van der Waals surface area contributed by atoms with Crippen molar-refractivity contribution in [2.75, 3.05) is 13.2 Å². The number of hydrogen-bond acceptors (Lipinski definition) is 3. The molecule has 0 aromatic heterocycles. The van der Waals surface area contributed by atoms with Crippen LogP contribution in [-0.4, -0.2) is 23.1 Å². The highest BCUT2D eigenvalue weighted by molar-refractivity contribution is 7.80. The van der Waals surface area contributed by atoms with E-state index in [0.29, 0.717) is 11.4 Å². The fraction of sp³-hybridized carbons (Fsp3) is 0.667. The Kier molecular flexibility index (Phi) is 3.21. The fourth-order valence-electron chi connectivity index (χ4n) is 0.0645. The zero-order valence-corrected chi connectivity index (χ0v) is 4.16. The molecule has 2 nitrogen and oxygen atoms in total. The second kappa shape index (κ2) is 3.21. The van der Waals surface area contributed by atoms with E-state index in [1.54, 1.807) is 0 Å². The first-order chi connectivity index (χ1) is 2.81. The van der Waals surface area contributed by atoms with E-state index in [4.69, 9.17) is 10.8 Å². The lowest BCUT2D eigenvalue weighted by molar-refractivity contribution is 0.358. The van der Waals surface area contributed by atoms with Crippen LogP contribution in [0.2, 0.25) is 0 Å². The molecule has 0 bridgehead atoms. The van der Waals surface area contributed by atoms with Crippen molar-refractivity contribution in [2.45, 2.75) is 0 Å². The molecule has 6 heavy (non-hydrogen) atoms. The molecule has 0 saturated heterocycles. The molecule has 0 rings (SSSR count). The molecule has 0 heterocycles. The molecule has 0 spiro atoms. The Hall–Kier alpha value is 0.01000. The van der Waals surface area contributed by atoms with Crippen molar-refractivity contribution < 1.29 is 5.11 Å². The minimum atomic E-state index is -0.0637. The number of aliphatic hydroxyl groups excluding tert-OH is 1. The molecular formula is C3H7NOS. The smallest absolute Gasteiger partial charge is 0.0757 e. The van der Waals surface area contributed by atoms with Gasteiger partial charge < -0.3 is 10.8 Å². The molecular weight excluding hydrogens is 98.1 g/mol. The van der Waals surface area contributed by atoms with Gasteiger partial charge in [-0.05, 0) is 0 Å². The summed E-state index contributed by atoms with van der Waals surface area (Å²) in [5, 5.41) is 8.11. The Bertz CT molecular complexity index is 48.8. The largest absolute Gasteiger partial charge is 0.391 e. The van der Waals surface area contributed by atoms with E-state index in [2.05, 4.69) is 12.2 Å². The highest BCUT2D eigenvalue weighted by atomic mass is 32.1. The number of nitrogens with two attached hydrogens (primary N) is 1. The van der Waals surface area contributed by atoms with Gasteiger partial charge in [-0.3, -0.25) is 0 Å². The first-order valence-corrected chi connectivity index (χ1v) is 2.04. The third kappa shape index (κ3) is 2.26. The van der Waals surface area contributed by atoms with Crippen LogP contribution in [0.25, 0.3) is 0 Å². The van der Waals surface area contributed by atoms with Crippen molar-refractivity contribution in [3.8, 4) is 0 Å². The third-order valence-electron chi connectivity index (χ3n) is 0.404. The van der Waals surface area contributed by atoms with Crippen LogP contribution in [0.3, 0.4) is 0 Å². The van der Waals surface area contributed by atoms with Gasteiger partial charge in [-0.2, -0.15) is 0 Å². The molecule has 0 fully saturated rings. The van der Waals surface area contributed by atoms with Gasteiger partial charge in [0.2, 0.25) is 0 Å². The molecule has 0 aromatic rings. The Morgan fingerprint density at radius 1 is 1.83 bits per heavy atom. The minimum Gasteiger partial charge on any atom is -0.391 e. The van der Waals surface area contributed by atoms with Crippen molar-refractivity contribution in [2.24, 2.45) is 5.73 Å². The normalized spacial score (nSPS) is 8.33. The zero-order chi connectivity index (χ0) is 4.99. The SMILES string of the molecule is NCC(=S)CO.